The Morgan fingerprint density at radius 3 is 2.86 bits per heavy atom. The van der Waals surface area contributed by atoms with Crippen molar-refractivity contribution in [1.29, 1.82) is 0 Å². The highest BCUT2D eigenvalue weighted by Gasteiger charge is 2.30. The number of hydrogen-bond donors (Lipinski definition) is 1. The zero-order valence-electron chi connectivity index (χ0n) is 12.1. The lowest BCUT2D eigenvalue weighted by atomic mass is 10.1. The number of nitrogens with zero attached hydrogens (tertiary/aromatic N) is 5. The van der Waals surface area contributed by atoms with Gasteiger partial charge in [0.05, 0.1) is 24.3 Å². The largest absolute Gasteiger partial charge is 0.366 e. The first-order valence-corrected chi connectivity index (χ1v) is 6.91. The number of nitrogens with two attached hydrogens (primary N) is 1. The normalized spacial score (nSPS) is 16.3. The number of carbonyl (C=O) groups excluding carboxylic acids is 1. The van der Waals surface area contributed by atoms with Gasteiger partial charge < -0.3 is 10.3 Å². The Labute approximate surface area is 121 Å². The summed E-state index contributed by atoms with van der Waals surface area (Å²) in [7, 11) is 0. The predicted molar refractivity (Wildman–Crippen MR) is 73.4 cm³/mol. The zero-order valence-corrected chi connectivity index (χ0v) is 12.1. The molecule has 2 N–H and O–H groups in total. The molecule has 0 unspecified atom stereocenters. The van der Waals surface area contributed by atoms with Crippen LogP contribution in [-0.4, -0.2) is 43.8 Å². The number of rotatable bonds is 5. The van der Waals surface area contributed by atoms with E-state index in [4.69, 9.17) is 10.3 Å². The van der Waals surface area contributed by atoms with E-state index in [2.05, 4.69) is 20.1 Å². The minimum Gasteiger partial charge on any atom is -0.366 e. The monoisotopic (exact) mass is 290 g/mol. The third-order valence-electron chi connectivity index (χ3n) is 3.56. The molecule has 1 fully saturated rings. The molecule has 0 radical (unpaired) electrons. The molecule has 1 amide bonds. The highest BCUT2D eigenvalue weighted by Crippen LogP contribution is 2.23. The van der Waals surface area contributed by atoms with E-state index in [9.17, 15) is 4.79 Å². The van der Waals surface area contributed by atoms with Gasteiger partial charge in [-0.1, -0.05) is 19.0 Å². The topological polar surface area (TPSA) is 103 Å². The molecule has 0 aromatic carbocycles. The quantitative estimate of drug-likeness (QED) is 0.862. The fourth-order valence-electron chi connectivity index (χ4n) is 2.26. The van der Waals surface area contributed by atoms with Crippen molar-refractivity contribution >= 4 is 5.91 Å². The van der Waals surface area contributed by atoms with Crippen LogP contribution in [0, 0.1) is 0 Å². The molecule has 0 atom stereocenters. The van der Waals surface area contributed by atoms with Gasteiger partial charge >= 0.3 is 0 Å². The van der Waals surface area contributed by atoms with Gasteiger partial charge in [0.2, 0.25) is 5.89 Å². The lowest BCUT2D eigenvalue weighted by Gasteiger charge is -2.38. The molecule has 112 valence electrons. The Morgan fingerprint density at radius 2 is 2.29 bits per heavy atom. The van der Waals surface area contributed by atoms with Gasteiger partial charge in [-0.3, -0.25) is 14.4 Å². The average molecular weight is 290 g/mol. The number of amides is 1. The van der Waals surface area contributed by atoms with Crippen molar-refractivity contribution in [2.24, 2.45) is 5.73 Å². The molecule has 0 bridgehead atoms. The Hall–Kier alpha value is -2.22. The van der Waals surface area contributed by atoms with E-state index in [0.717, 1.165) is 18.9 Å². The molecule has 0 saturated carbocycles. The summed E-state index contributed by atoms with van der Waals surface area (Å²) in [5.41, 5.74) is 5.65. The van der Waals surface area contributed by atoms with Crippen LogP contribution in [0.5, 0.6) is 0 Å². The summed E-state index contributed by atoms with van der Waals surface area (Å²) < 4.78 is 7.00. The SMILES string of the molecule is CC(C)c1noc(CN2CC(n3cc(C(N)=O)cn3)C2)n1. The minimum absolute atomic E-state index is 0.255. The van der Waals surface area contributed by atoms with Crippen molar-refractivity contribution in [3.8, 4) is 0 Å². The Bertz CT molecular complexity index is 641. The van der Waals surface area contributed by atoms with Crippen molar-refractivity contribution in [1.82, 2.24) is 24.8 Å². The van der Waals surface area contributed by atoms with E-state index < -0.39 is 5.91 Å². The second-order valence-corrected chi connectivity index (χ2v) is 5.62. The summed E-state index contributed by atoms with van der Waals surface area (Å²) in [5.74, 6) is 1.18. The third-order valence-corrected chi connectivity index (χ3v) is 3.56. The first-order chi connectivity index (χ1) is 10.0. The van der Waals surface area contributed by atoms with Crippen LogP contribution in [0.25, 0.3) is 0 Å². The van der Waals surface area contributed by atoms with Gasteiger partial charge in [-0.05, 0) is 0 Å². The van der Waals surface area contributed by atoms with Crippen molar-refractivity contribution in [2.75, 3.05) is 13.1 Å². The van der Waals surface area contributed by atoms with E-state index in [1.54, 1.807) is 10.9 Å². The van der Waals surface area contributed by atoms with Crippen molar-refractivity contribution in [3.05, 3.63) is 29.7 Å². The molecule has 0 spiro atoms. The molecule has 1 aliphatic heterocycles. The lowest BCUT2D eigenvalue weighted by Crippen LogP contribution is -2.47. The van der Waals surface area contributed by atoms with Crippen LogP contribution >= 0.6 is 0 Å². The fourth-order valence-corrected chi connectivity index (χ4v) is 2.26. The summed E-state index contributed by atoms with van der Waals surface area (Å²) in [6.07, 6.45) is 3.19. The van der Waals surface area contributed by atoms with Gasteiger partial charge in [-0.25, -0.2) is 0 Å². The average Bonchev–Trinajstić information content (AvgIpc) is 3.02. The van der Waals surface area contributed by atoms with Gasteiger partial charge in [0, 0.05) is 25.2 Å². The van der Waals surface area contributed by atoms with Gasteiger partial charge in [-0.15, -0.1) is 0 Å². The van der Waals surface area contributed by atoms with Gasteiger partial charge in [0.1, 0.15) is 0 Å². The Morgan fingerprint density at radius 1 is 1.52 bits per heavy atom. The fraction of sp³-hybridized carbons (Fsp3) is 0.538. The number of carbonyl (C=O) groups is 1. The van der Waals surface area contributed by atoms with Gasteiger partial charge in [-0.2, -0.15) is 10.1 Å². The summed E-state index contributed by atoms with van der Waals surface area (Å²) in [5, 5.41) is 8.11. The molecule has 8 nitrogen and oxygen atoms in total. The van der Waals surface area contributed by atoms with Crippen LogP contribution in [0.3, 0.4) is 0 Å². The number of hydrogen-bond acceptors (Lipinski definition) is 6. The number of aromatic nitrogens is 4. The Balaban J connectivity index is 1.54. The maximum absolute atomic E-state index is 11.0. The van der Waals surface area contributed by atoms with E-state index in [-0.39, 0.29) is 12.0 Å². The molecule has 8 heteroatoms. The van der Waals surface area contributed by atoms with E-state index >= 15 is 0 Å². The smallest absolute Gasteiger partial charge is 0.251 e. The molecule has 0 aliphatic carbocycles. The molecular weight excluding hydrogens is 272 g/mol. The molecule has 2 aromatic rings. The molecule has 3 rings (SSSR count). The molecule has 1 aliphatic rings. The second kappa shape index (κ2) is 5.28. The highest BCUT2D eigenvalue weighted by molar-refractivity contribution is 5.92. The Kier molecular flexibility index (Phi) is 3.46. The third kappa shape index (κ3) is 2.80. The molecular formula is C13H18N6O2. The lowest BCUT2D eigenvalue weighted by molar-refractivity contribution is 0.0789. The van der Waals surface area contributed by atoms with Gasteiger partial charge in [0.15, 0.2) is 5.82 Å². The van der Waals surface area contributed by atoms with Crippen LogP contribution in [0.1, 0.15) is 47.9 Å². The second-order valence-electron chi connectivity index (χ2n) is 5.62. The van der Waals surface area contributed by atoms with Crippen molar-refractivity contribution in [3.63, 3.8) is 0 Å². The maximum atomic E-state index is 11.0. The summed E-state index contributed by atoms with van der Waals surface area (Å²) in [4.78, 5) is 17.6. The summed E-state index contributed by atoms with van der Waals surface area (Å²) in [6, 6.07) is 0.255. The van der Waals surface area contributed by atoms with Crippen molar-refractivity contribution < 1.29 is 9.32 Å². The highest BCUT2D eigenvalue weighted by atomic mass is 16.5. The van der Waals surface area contributed by atoms with E-state index in [0.29, 0.717) is 18.0 Å². The van der Waals surface area contributed by atoms with Crippen molar-refractivity contribution in [2.45, 2.75) is 32.4 Å². The minimum atomic E-state index is -0.454. The van der Waals surface area contributed by atoms with Crippen LogP contribution in [0.4, 0.5) is 0 Å². The standard InChI is InChI=1S/C13H18N6O2/c1-8(2)13-16-11(21-17-13)7-18-5-10(6-18)19-4-9(3-15-19)12(14)20/h3-4,8,10H,5-7H2,1-2H3,(H2,14,20). The van der Waals surface area contributed by atoms with Crippen LogP contribution < -0.4 is 5.73 Å². The van der Waals surface area contributed by atoms with E-state index in [1.165, 1.54) is 6.20 Å². The van der Waals surface area contributed by atoms with Crippen LogP contribution in [-0.2, 0) is 6.54 Å². The molecule has 2 aromatic heterocycles. The van der Waals surface area contributed by atoms with E-state index in [1.807, 2.05) is 13.8 Å². The number of primary amides is 1. The molecule has 1 saturated heterocycles. The molecule has 21 heavy (non-hydrogen) atoms. The zero-order chi connectivity index (χ0) is 15.0. The molecule has 3 heterocycles. The first-order valence-electron chi connectivity index (χ1n) is 6.91. The van der Waals surface area contributed by atoms with Crippen LogP contribution in [0.15, 0.2) is 16.9 Å². The maximum Gasteiger partial charge on any atom is 0.251 e. The first kappa shape index (κ1) is 13.7. The summed E-state index contributed by atoms with van der Waals surface area (Å²) >= 11 is 0. The summed E-state index contributed by atoms with van der Waals surface area (Å²) in [6.45, 7) is 6.36. The van der Waals surface area contributed by atoms with Crippen LogP contribution in [0.2, 0.25) is 0 Å². The number of likely N-dealkylation sites (tertiary alicyclic amines) is 1. The predicted octanol–water partition coefficient (Wildman–Crippen LogP) is 0.545. The van der Waals surface area contributed by atoms with Gasteiger partial charge in [0.25, 0.3) is 5.91 Å².